The molecule has 144 valence electrons. The van der Waals surface area contributed by atoms with Crippen molar-refractivity contribution >= 4 is 17.2 Å². The van der Waals surface area contributed by atoms with Crippen molar-refractivity contribution in [1.82, 2.24) is 20.2 Å². The van der Waals surface area contributed by atoms with Crippen molar-refractivity contribution in [2.24, 2.45) is 0 Å². The largest absolute Gasteiger partial charge is 0.487 e. The number of aromatic nitrogens is 2. The molecule has 1 unspecified atom stereocenters. The number of thiazole rings is 1. The van der Waals surface area contributed by atoms with Crippen LogP contribution in [-0.4, -0.2) is 40.4 Å². The van der Waals surface area contributed by atoms with Gasteiger partial charge in [-0.1, -0.05) is 12.1 Å². The van der Waals surface area contributed by atoms with Crippen molar-refractivity contribution in [3.05, 3.63) is 76.0 Å². The molecule has 3 heterocycles. The fourth-order valence-electron chi connectivity index (χ4n) is 3.33. The molecule has 2 aromatic heterocycles. The summed E-state index contributed by atoms with van der Waals surface area (Å²) in [5, 5.41) is 6.38. The predicted molar refractivity (Wildman–Crippen MR) is 109 cm³/mol. The molecule has 1 N–H and O–H groups in total. The Labute approximate surface area is 168 Å². The molecule has 1 fully saturated rings. The molecule has 0 saturated carbocycles. The van der Waals surface area contributed by atoms with E-state index in [4.69, 9.17) is 4.74 Å². The number of hydrogen-bond donors (Lipinski definition) is 1. The van der Waals surface area contributed by atoms with Crippen LogP contribution in [0, 0.1) is 6.92 Å². The highest BCUT2D eigenvalue weighted by Gasteiger charge is 2.28. The molecule has 1 amide bonds. The normalized spacial score (nSPS) is 16.8. The van der Waals surface area contributed by atoms with Crippen molar-refractivity contribution < 1.29 is 9.53 Å². The van der Waals surface area contributed by atoms with Gasteiger partial charge in [-0.2, -0.15) is 0 Å². The summed E-state index contributed by atoms with van der Waals surface area (Å²) in [6.07, 6.45) is 3.57. The lowest BCUT2D eigenvalue weighted by atomic mass is 10.0. The lowest BCUT2D eigenvalue weighted by molar-refractivity contribution is 0.0633. The van der Waals surface area contributed by atoms with Crippen molar-refractivity contribution in [1.29, 1.82) is 0 Å². The Balaban J connectivity index is 1.50. The molecule has 0 spiro atoms. The summed E-state index contributed by atoms with van der Waals surface area (Å²) in [6, 6.07) is 11.3. The van der Waals surface area contributed by atoms with Crippen LogP contribution in [0.3, 0.4) is 0 Å². The maximum atomic E-state index is 13.2. The number of pyridine rings is 1. The van der Waals surface area contributed by atoms with E-state index in [2.05, 4.69) is 15.3 Å². The number of carbonyl (C=O) groups excluding carboxylic acids is 1. The van der Waals surface area contributed by atoms with Gasteiger partial charge in [-0.05, 0) is 36.8 Å². The predicted octanol–water partition coefficient (Wildman–Crippen LogP) is 3.21. The molecule has 0 bridgehead atoms. The van der Waals surface area contributed by atoms with Crippen LogP contribution >= 0.6 is 11.3 Å². The number of nitrogens with one attached hydrogen (secondary N) is 1. The fourth-order valence-corrected chi connectivity index (χ4v) is 3.93. The number of nitrogens with zero attached hydrogens (tertiary/aromatic N) is 3. The molecule has 1 aromatic carbocycles. The monoisotopic (exact) mass is 394 g/mol. The third kappa shape index (κ3) is 4.21. The van der Waals surface area contributed by atoms with Gasteiger partial charge in [0.1, 0.15) is 12.4 Å². The third-order valence-corrected chi connectivity index (χ3v) is 5.53. The summed E-state index contributed by atoms with van der Waals surface area (Å²) in [7, 11) is 0. The van der Waals surface area contributed by atoms with Crippen LogP contribution < -0.4 is 10.1 Å². The molecule has 3 aromatic rings. The number of benzene rings is 1. The molecule has 1 aliphatic rings. The summed E-state index contributed by atoms with van der Waals surface area (Å²) in [5.41, 5.74) is 2.56. The van der Waals surface area contributed by atoms with Gasteiger partial charge in [0, 0.05) is 43.0 Å². The standard InChI is InChI=1S/C21H22N4O2S/c1-15-24-18(14-28-15)13-27-19-6-2-4-16(10-19)21(26)25-9-8-23-12-20(25)17-5-3-7-22-11-17/h2-7,10-11,14,20,23H,8-9,12-13H2,1H3. The first-order valence-electron chi connectivity index (χ1n) is 9.26. The van der Waals surface area contributed by atoms with Gasteiger partial charge in [-0.25, -0.2) is 4.98 Å². The average Bonchev–Trinajstić information content (AvgIpc) is 3.18. The molecule has 1 aliphatic heterocycles. The van der Waals surface area contributed by atoms with Crippen molar-refractivity contribution in [2.45, 2.75) is 19.6 Å². The third-order valence-electron chi connectivity index (χ3n) is 4.71. The van der Waals surface area contributed by atoms with E-state index < -0.39 is 0 Å². The van der Waals surface area contributed by atoms with Gasteiger partial charge >= 0.3 is 0 Å². The summed E-state index contributed by atoms with van der Waals surface area (Å²) in [4.78, 5) is 23.7. The highest BCUT2D eigenvalue weighted by molar-refractivity contribution is 7.09. The van der Waals surface area contributed by atoms with Gasteiger partial charge in [0.2, 0.25) is 0 Å². The summed E-state index contributed by atoms with van der Waals surface area (Å²) < 4.78 is 5.85. The van der Waals surface area contributed by atoms with Gasteiger partial charge in [0.25, 0.3) is 5.91 Å². The van der Waals surface area contributed by atoms with Gasteiger partial charge in [-0.3, -0.25) is 9.78 Å². The topological polar surface area (TPSA) is 67.3 Å². The van der Waals surface area contributed by atoms with E-state index in [1.165, 1.54) is 0 Å². The van der Waals surface area contributed by atoms with Crippen molar-refractivity contribution in [3.8, 4) is 5.75 Å². The van der Waals surface area contributed by atoms with Crippen molar-refractivity contribution in [2.75, 3.05) is 19.6 Å². The molecule has 1 saturated heterocycles. The van der Waals surface area contributed by atoms with Gasteiger partial charge in [0.05, 0.1) is 16.7 Å². The Morgan fingerprint density at radius 3 is 3.07 bits per heavy atom. The zero-order chi connectivity index (χ0) is 19.3. The highest BCUT2D eigenvalue weighted by Crippen LogP contribution is 2.25. The van der Waals surface area contributed by atoms with Gasteiger partial charge in [0.15, 0.2) is 0 Å². The van der Waals surface area contributed by atoms with Crippen LogP contribution in [0.4, 0.5) is 0 Å². The second-order valence-corrected chi connectivity index (χ2v) is 7.74. The molecule has 1 atom stereocenters. The summed E-state index contributed by atoms with van der Waals surface area (Å²) in [5.74, 6) is 0.676. The van der Waals surface area contributed by atoms with E-state index in [9.17, 15) is 4.79 Å². The number of piperazine rings is 1. The number of carbonyl (C=O) groups is 1. The summed E-state index contributed by atoms with van der Waals surface area (Å²) in [6.45, 7) is 4.52. The molecule has 4 rings (SSSR count). The summed E-state index contributed by atoms with van der Waals surface area (Å²) >= 11 is 1.60. The van der Waals surface area contributed by atoms with E-state index in [-0.39, 0.29) is 11.9 Å². The Kier molecular flexibility index (Phi) is 5.64. The lowest BCUT2D eigenvalue weighted by Gasteiger charge is -2.36. The molecular formula is C21H22N4O2S. The first kappa shape index (κ1) is 18.6. The maximum absolute atomic E-state index is 13.2. The van der Waals surface area contributed by atoms with Gasteiger partial charge in [-0.15, -0.1) is 11.3 Å². The van der Waals surface area contributed by atoms with E-state index in [0.29, 0.717) is 24.5 Å². The number of rotatable bonds is 5. The van der Waals surface area contributed by atoms with Crippen LogP contribution in [-0.2, 0) is 6.61 Å². The quantitative estimate of drug-likeness (QED) is 0.720. The van der Waals surface area contributed by atoms with Crippen LogP contribution in [0.15, 0.2) is 54.2 Å². The Morgan fingerprint density at radius 2 is 2.29 bits per heavy atom. The molecule has 6 nitrogen and oxygen atoms in total. The van der Waals surface area contributed by atoms with E-state index in [0.717, 1.165) is 29.4 Å². The Bertz CT molecular complexity index is 944. The minimum Gasteiger partial charge on any atom is -0.487 e. The maximum Gasteiger partial charge on any atom is 0.254 e. The van der Waals surface area contributed by atoms with Crippen LogP contribution in [0.25, 0.3) is 0 Å². The number of hydrogen-bond acceptors (Lipinski definition) is 6. The fraction of sp³-hybridized carbons (Fsp3) is 0.286. The Morgan fingerprint density at radius 1 is 1.36 bits per heavy atom. The van der Waals surface area contributed by atoms with E-state index >= 15 is 0 Å². The van der Waals surface area contributed by atoms with E-state index in [1.807, 2.05) is 59.8 Å². The number of ether oxygens (including phenoxy) is 1. The molecule has 0 aliphatic carbocycles. The molecule has 0 radical (unpaired) electrons. The SMILES string of the molecule is Cc1nc(COc2cccc(C(=O)N3CCNCC3c3cccnc3)c2)cs1. The van der Waals surface area contributed by atoms with Gasteiger partial charge < -0.3 is 15.0 Å². The first-order valence-corrected chi connectivity index (χ1v) is 10.1. The first-order chi connectivity index (χ1) is 13.7. The average molecular weight is 394 g/mol. The molecule has 28 heavy (non-hydrogen) atoms. The minimum atomic E-state index is -0.0301. The molecular weight excluding hydrogens is 372 g/mol. The zero-order valence-electron chi connectivity index (χ0n) is 15.7. The highest BCUT2D eigenvalue weighted by atomic mass is 32.1. The van der Waals surface area contributed by atoms with Crippen LogP contribution in [0.5, 0.6) is 5.75 Å². The smallest absolute Gasteiger partial charge is 0.254 e. The lowest BCUT2D eigenvalue weighted by Crippen LogP contribution is -2.48. The van der Waals surface area contributed by atoms with Crippen LogP contribution in [0.2, 0.25) is 0 Å². The number of amides is 1. The van der Waals surface area contributed by atoms with Crippen LogP contribution in [0.1, 0.15) is 32.7 Å². The Hall–Kier alpha value is -2.77. The van der Waals surface area contributed by atoms with Crippen molar-refractivity contribution in [3.63, 3.8) is 0 Å². The second kappa shape index (κ2) is 8.50. The second-order valence-electron chi connectivity index (χ2n) is 6.68. The zero-order valence-corrected chi connectivity index (χ0v) is 16.5. The molecule has 7 heteroatoms. The minimum absolute atomic E-state index is 0.00491. The van der Waals surface area contributed by atoms with E-state index in [1.54, 1.807) is 17.5 Å². The number of aryl methyl sites for hydroxylation is 1.